The minimum absolute atomic E-state index is 0.0984. The maximum Gasteiger partial charge on any atom is 0.328 e. The molecule has 0 saturated heterocycles. The van der Waals surface area contributed by atoms with Crippen LogP contribution in [0.15, 0.2) is 30.8 Å². The molecule has 7 heteroatoms. The summed E-state index contributed by atoms with van der Waals surface area (Å²) in [7, 11) is 3.01. The summed E-state index contributed by atoms with van der Waals surface area (Å²) in [5.74, 6) is 0.0684. The van der Waals surface area contributed by atoms with Gasteiger partial charge in [0.25, 0.3) is 5.91 Å². The Balaban J connectivity index is 2.57. The van der Waals surface area contributed by atoms with Crippen LogP contribution in [0.3, 0.4) is 0 Å². The second-order valence-electron chi connectivity index (χ2n) is 7.78. The number of hydrogen-bond acceptors (Lipinski definition) is 6. The number of rotatable bonds is 14. The van der Waals surface area contributed by atoms with E-state index in [1.807, 2.05) is 24.3 Å². The van der Waals surface area contributed by atoms with E-state index in [1.165, 1.54) is 7.11 Å². The van der Waals surface area contributed by atoms with Gasteiger partial charge < -0.3 is 25.3 Å². The number of carbonyl (C=O) groups excluding carboxylic acids is 2. The topological polar surface area (TPSA) is 99.9 Å². The molecule has 1 aromatic rings. The van der Waals surface area contributed by atoms with Crippen molar-refractivity contribution in [2.45, 2.75) is 71.2 Å². The molecule has 4 atom stereocenters. The summed E-state index contributed by atoms with van der Waals surface area (Å²) < 4.78 is 15.8. The molecule has 1 amide bonds. The van der Waals surface area contributed by atoms with E-state index in [0.717, 1.165) is 30.4 Å². The molecule has 31 heavy (non-hydrogen) atoms. The Bertz CT molecular complexity index is 704. The van der Waals surface area contributed by atoms with Gasteiger partial charge in [0.05, 0.1) is 7.11 Å². The molecule has 1 aromatic carbocycles. The Hall–Kier alpha value is -2.38. The molecular weight excluding hydrogens is 396 g/mol. The van der Waals surface area contributed by atoms with E-state index in [1.54, 1.807) is 14.0 Å². The molecule has 0 aromatic heterocycles. The molecule has 0 radical (unpaired) electrons. The van der Waals surface area contributed by atoms with Crippen LogP contribution in [0.5, 0.6) is 0 Å². The van der Waals surface area contributed by atoms with Crippen LogP contribution in [0.1, 0.15) is 57.6 Å². The number of carbonyl (C=O) groups is 2. The van der Waals surface area contributed by atoms with Gasteiger partial charge in [0, 0.05) is 18.7 Å². The predicted octanol–water partition coefficient (Wildman–Crippen LogP) is 3.41. The first-order valence-electron chi connectivity index (χ1n) is 10.8. The van der Waals surface area contributed by atoms with Crippen molar-refractivity contribution in [3.05, 3.63) is 42.0 Å². The summed E-state index contributed by atoms with van der Waals surface area (Å²) in [6.45, 7) is 9.72. The third-order valence-corrected chi connectivity index (χ3v) is 5.40. The molecule has 174 valence electrons. The molecule has 0 fully saturated rings. The lowest BCUT2D eigenvalue weighted by atomic mass is 9.91. The van der Waals surface area contributed by atoms with Crippen molar-refractivity contribution < 1.29 is 23.8 Å². The normalized spacial score (nSPS) is 14.8. The van der Waals surface area contributed by atoms with Gasteiger partial charge in [-0.2, -0.15) is 0 Å². The lowest BCUT2D eigenvalue weighted by molar-refractivity contribution is -0.150. The van der Waals surface area contributed by atoms with Gasteiger partial charge in [-0.15, -0.1) is 0 Å². The smallest absolute Gasteiger partial charge is 0.328 e. The number of nitrogens with two attached hydrogens (primary N) is 1. The maximum absolute atomic E-state index is 12.6. The largest absolute Gasteiger partial charge is 0.497 e. The van der Waals surface area contributed by atoms with Crippen LogP contribution in [0.2, 0.25) is 0 Å². The van der Waals surface area contributed by atoms with E-state index in [4.69, 9.17) is 19.9 Å². The van der Waals surface area contributed by atoms with Crippen molar-refractivity contribution in [1.82, 2.24) is 5.32 Å². The van der Waals surface area contributed by atoms with Gasteiger partial charge in [0.2, 0.25) is 0 Å². The second-order valence-corrected chi connectivity index (χ2v) is 7.78. The van der Waals surface area contributed by atoms with Crippen LogP contribution in [-0.4, -0.2) is 44.3 Å². The summed E-state index contributed by atoms with van der Waals surface area (Å²) in [6.07, 6.45) is 3.01. The van der Waals surface area contributed by atoms with Crippen molar-refractivity contribution in [2.75, 3.05) is 14.2 Å². The first-order valence-corrected chi connectivity index (χ1v) is 10.8. The average Bonchev–Trinajstić information content (AvgIpc) is 2.77. The molecule has 0 aliphatic heterocycles. The first-order chi connectivity index (χ1) is 14.8. The Morgan fingerprint density at radius 3 is 2.32 bits per heavy atom. The number of amides is 1. The Morgan fingerprint density at radius 1 is 1.16 bits per heavy atom. The molecule has 0 heterocycles. The molecule has 7 nitrogen and oxygen atoms in total. The highest BCUT2D eigenvalue weighted by molar-refractivity contribution is 5.87. The van der Waals surface area contributed by atoms with Crippen LogP contribution < -0.4 is 11.1 Å². The number of ether oxygens (including phenoxy) is 3. The lowest BCUT2D eigenvalue weighted by Gasteiger charge is -2.26. The number of hydrogen-bond donors (Lipinski definition) is 2. The summed E-state index contributed by atoms with van der Waals surface area (Å²) in [5.41, 5.74) is 7.92. The van der Waals surface area contributed by atoms with E-state index in [-0.39, 0.29) is 6.61 Å². The third kappa shape index (κ3) is 8.71. The van der Waals surface area contributed by atoms with Crippen LogP contribution in [0, 0.1) is 5.92 Å². The molecule has 1 rings (SSSR count). The van der Waals surface area contributed by atoms with E-state index in [2.05, 4.69) is 25.7 Å². The highest BCUT2D eigenvalue weighted by Crippen LogP contribution is 2.19. The zero-order chi connectivity index (χ0) is 23.4. The molecule has 0 aliphatic rings. The average molecular weight is 435 g/mol. The minimum Gasteiger partial charge on any atom is -0.497 e. The molecule has 0 spiro atoms. The van der Waals surface area contributed by atoms with Gasteiger partial charge in [0.1, 0.15) is 18.4 Å². The van der Waals surface area contributed by atoms with Gasteiger partial charge in [-0.3, -0.25) is 4.79 Å². The molecule has 3 N–H and O–H groups in total. The van der Waals surface area contributed by atoms with Gasteiger partial charge in [0.15, 0.2) is 6.10 Å². The van der Waals surface area contributed by atoms with Crippen LogP contribution in [-0.2, 0) is 30.4 Å². The molecule has 0 bridgehead atoms. The van der Waals surface area contributed by atoms with Crippen molar-refractivity contribution in [3.8, 4) is 0 Å². The van der Waals surface area contributed by atoms with Crippen molar-refractivity contribution in [2.24, 2.45) is 11.7 Å². The SMILES string of the molecule is C=C(OC)c1ccc(COC(=O)C(C)NC(=O)C(OC)C(N)CC(CC)CCC)cc1. The standard InChI is InChI=1S/C24H38N2O5/c1-7-9-18(8-2)14-21(25)22(30-6)23(27)26-16(3)24(28)31-15-19-10-12-20(13-11-19)17(4)29-5/h10-13,16,18,21-22H,4,7-9,14-15,25H2,1-3,5-6H3,(H,26,27). The minimum atomic E-state index is -0.817. The number of methoxy groups -OCH3 is 2. The lowest BCUT2D eigenvalue weighted by Crippen LogP contribution is -2.52. The van der Waals surface area contributed by atoms with Crippen LogP contribution in [0.25, 0.3) is 5.76 Å². The fourth-order valence-electron chi connectivity index (χ4n) is 3.42. The van der Waals surface area contributed by atoms with E-state index < -0.39 is 30.1 Å². The van der Waals surface area contributed by atoms with Gasteiger partial charge in [-0.25, -0.2) is 4.79 Å². The summed E-state index contributed by atoms with van der Waals surface area (Å²) in [5, 5.41) is 2.66. The van der Waals surface area contributed by atoms with Crippen molar-refractivity contribution in [3.63, 3.8) is 0 Å². The third-order valence-electron chi connectivity index (χ3n) is 5.40. The second kappa shape index (κ2) is 13.8. The number of nitrogens with one attached hydrogen (secondary N) is 1. The molecule has 0 aliphatic carbocycles. The molecular formula is C24H38N2O5. The first kappa shape index (κ1) is 26.7. The Kier molecular flexibility index (Phi) is 11.9. The summed E-state index contributed by atoms with van der Waals surface area (Å²) in [6, 6.07) is 6.08. The van der Waals surface area contributed by atoms with Gasteiger partial charge >= 0.3 is 5.97 Å². The monoisotopic (exact) mass is 434 g/mol. The molecule has 0 saturated carbocycles. The van der Waals surface area contributed by atoms with Crippen molar-refractivity contribution >= 4 is 17.6 Å². The van der Waals surface area contributed by atoms with Crippen molar-refractivity contribution in [1.29, 1.82) is 0 Å². The summed E-state index contributed by atoms with van der Waals surface area (Å²) in [4.78, 5) is 24.9. The van der Waals surface area contributed by atoms with Gasteiger partial charge in [-0.1, -0.05) is 64.0 Å². The molecule has 4 unspecified atom stereocenters. The van der Waals surface area contributed by atoms with E-state index in [0.29, 0.717) is 18.1 Å². The van der Waals surface area contributed by atoms with Gasteiger partial charge in [-0.05, 0) is 24.8 Å². The number of esters is 1. The zero-order valence-electron chi connectivity index (χ0n) is 19.5. The fourth-order valence-corrected chi connectivity index (χ4v) is 3.42. The Morgan fingerprint density at radius 2 is 1.81 bits per heavy atom. The van der Waals surface area contributed by atoms with Crippen LogP contribution >= 0.6 is 0 Å². The zero-order valence-corrected chi connectivity index (χ0v) is 19.5. The highest BCUT2D eigenvalue weighted by Gasteiger charge is 2.29. The van der Waals surface area contributed by atoms with Crippen LogP contribution in [0.4, 0.5) is 0 Å². The van der Waals surface area contributed by atoms with E-state index in [9.17, 15) is 9.59 Å². The fraction of sp³-hybridized carbons (Fsp3) is 0.583. The Labute approximate surface area is 186 Å². The quantitative estimate of drug-likeness (QED) is 0.344. The maximum atomic E-state index is 12.6. The number of benzene rings is 1. The summed E-state index contributed by atoms with van der Waals surface area (Å²) >= 11 is 0. The predicted molar refractivity (Wildman–Crippen MR) is 122 cm³/mol. The highest BCUT2D eigenvalue weighted by atomic mass is 16.5. The van der Waals surface area contributed by atoms with E-state index >= 15 is 0 Å².